The fourth-order valence-electron chi connectivity index (χ4n) is 2.79. The van der Waals surface area contributed by atoms with Crippen LogP contribution < -0.4 is 0 Å². The van der Waals surface area contributed by atoms with E-state index in [0.717, 1.165) is 65.6 Å². The Kier molecular flexibility index (Phi) is 55.7. The summed E-state index contributed by atoms with van der Waals surface area (Å²) in [7, 11) is 4.31. The first-order valence-electron chi connectivity index (χ1n) is 10.5. The maximum Gasteiger partial charge on any atom is 0.0277 e. The van der Waals surface area contributed by atoms with Crippen LogP contribution in [0, 0.1) is 6.42 Å². The molecule has 4 saturated heterocycles. The summed E-state index contributed by atoms with van der Waals surface area (Å²) in [5, 5.41) is 12.4. The van der Waals surface area contributed by atoms with E-state index in [2.05, 4.69) is 46.3 Å². The second-order valence-corrected chi connectivity index (χ2v) is 7.16. The average Bonchev–Trinajstić information content (AvgIpc) is 2.73. The van der Waals surface area contributed by atoms with Gasteiger partial charge in [-0.25, -0.2) is 0 Å². The SMILES string of the molecule is C.C.C1CC[N-]CC1.C1COCC[N-]1.CN1CC[CH-]CC1.CN1CC[N-]CC1.[V].[V].[V].[V]. The minimum atomic E-state index is 0. The molecule has 4 fully saturated rings. The number of rotatable bonds is 0. The maximum atomic E-state index is 4.98. The van der Waals surface area contributed by atoms with E-state index in [0.29, 0.717) is 0 Å². The molecule has 0 aromatic rings. The van der Waals surface area contributed by atoms with Gasteiger partial charge in [-0.3, -0.25) is 0 Å². The van der Waals surface area contributed by atoms with Crippen molar-refractivity contribution < 1.29 is 79.0 Å². The van der Waals surface area contributed by atoms with Crippen molar-refractivity contribution in [3.8, 4) is 0 Å². The van der Waals surface area contributed by atoms with Crippen LogP contribution >= 0.6 is 0 Å². The zero-order chi connectivity index (χ0) is 18.7. The minimum absolute atomic E-state index is 0. The summed E-state index contributed by atoms with van der Waals surface area (Å²) in [5.74, 6) is 0. The van der Waals surface area contributed by atoms with Crippen molar-refractivity contribution >= 4 is 0 Å². The van der Waals surface area contributed by atoms with Crippen LogP contribution in [0.2, 0.25) is 0 Å². The molecular weight excluding hydrogens is 554 g/mol. The summed E-state index contributed by atoms with van der Waals surface area (Å²) in [6.45, 7) is 12.6. The topological polar surface area (TPSA) is 58.0 Å². The molecule has 4 radical (unpaired) electrons. The molecular formula is C22H49N5OV4-4. The van der Waals surface area contributed by atoms with Crippen molar-refractivity contribution in [3.63, 3.8) is 0 Å². The fraction of sp³-hybridized carbons (Fsp3) is 0.955. The number of hydrogen-bond acceptors (Lipinski definition) is 3. The second-order valence-electron chi connectivity index (χ2n) is 7.16. The number of likely N-dealkylation sites (N-methyl/N-ethyl adjacent to an activating group) is 1. The molecule has 0 N–H and O–H groups in total. The molecule has 0 spiro atoms. The van der Waals surface area contributed by atoms with Crippen molar-refractivity contribution in [1.29, 1.82) is 0 Å². The van der Waals surface area contributed by atoms with Crippen molar-refractivity contribution in [2.45, 2.75) is 47.0 Å². The van der Waals surface area contributed by atoms with Gasteiger partial charge in [0.1, 0.15) is 0 Å². The van der Waals surface area contributed by atoms with E-state index in [9.17, 15) is 0 Å². The van der Waals surface area contributed by atoms with E-state index in [1.165, 1.54) is 45.2 Å². The molecule has 4 heterocycles. The first-order chi connectivity index (χ1) is 12.8. The van der Waals surface area contributed by atoms with E-state index >= 15 is 0 Å². The molecule has 4 aliphatic rings. The molecule has 192 valence electrons. The molecule has 32 heavy (non-hydrogen) atoms. The Balaban J connectivity index is -0.0000000664. The summed E-state index contributed by atoms with van der Waals surface area (Å²) in [5.41, 5.74) is 0. The third kappa shape index (κ3) is 34.3. The summed E-state index contributed by atoms with van der Waals surface area (Å²) in [4.78, 5) is 4.66. The Morgan fingerprint density at radius 1 is 0.562 bits per heavy atom. The number of piperazine rings is 1. The molecule has 0 aliphatic carbocycles. The predicted octanol–water partition coefficient (Wildman–Crippen LogP) is 4.42. The van der Waals surface area contributed by atoms with Crippen LogP contribution in [0.25, 0.3) is 16.0 Å². The maximum absolute atomic E-state index is 4.98. The smallest absolute Gasteiger partial charge is 0.0277 e. The van der Waals surface area contributed by atoms with E-state index in [1.807, 2.05) is 0 Å². The number of morpholine rings is 1. The summed E-state index contributed by atoms with van der Waals surface area (Å²) in [6, 6.07) is 0. The van der Waals surface area contributed by atoms with E-state index in [4.69, 9.17) is 4.74 Å². The molecule has 0 aromatic carbocycles. The van der Waals surface area contributed by atoms with Gasteiger partial charge in [0.05, 0.1) is 0 Å². The van der Waals surface area contributed by atoms with Gasteiger partial charge in [0, 0.05) is 87.4 Å². The Morgan fingerprint density at radius 3 is 1.16 bits per heavy atom. The van der Waals surface area contributed by atoms with Crippen LogP contribution in [-0.2, 0) is 79.0 Å². The Labute approximate surface area is 249 Å². The van der Waals surface area contributed by atoms with Gasteiger partial charge >= 0.3 is 0 Å². The number of nitrogens with zero attached hydrogens (tertiary/aromatic N) is 5. The molecule has 6 nitrogen and oxygen atoms in total. The molecule has 4 rings (SSSR count). The zero-order valence-corrected chi connectivity index (χ0v) is 24.6. The van der Waals surface area contributed by atoms with Crippen LogP contribution in [0.15, 0.2) is 0 Å². The average molecular weight is 603 g/mol. The van der Waals surface area contributed by atoms with Crippen LogP contribution in [0.4, 0.5) is 0 Å². The van der Waals surface area contributed by atoms with Crippen LogP contribution in [0.3, 0.4) is 0 Å². The number of hydrogen-bond donors (Lipinski definition) is 0. The summed E-state index contributed by atoms with van der Waals surface area (Å²) >= 11 is 0. The third-order valence-electron chi connectivity index (χ3n) is 4.63. The van der Waals surface area contributed by atoms with Crippen LogP contribution in [0.5, 0.6) is 0 Å². The minimum Gasteiger partial charge on any atom is -0.662 e. The van der Waals surface area contributed by atoms with Gasteiger partial charge < -0.3 is 36.9 Å². The molecule has 0 saturated carbocycles. The quantitative estimate of drug-likeness (QED) is 0.386. The van der Waals surface area contributed by atoms with Gasteiger partial charge in [-0.15, -0.1) is 39.3 Å². The van der Waals surface area contributed by atoms with E-state index in [1.54, 1.807) is 0 Å². The number of ether oxygens (including phenoxy) is 1. The Bertz CT molecular complexity index is 240. The predicted molar refractivity (Wildman–Crippen MR) is 126 cm³/mol. The van der Waals surface area contributed by atoms with Crippen molar-refractivity contribution in [1.82, 2.24) is 9.80 Å². The largest absolute Gasteiger partial charge is 0.662 e. The van der Waals surface area contributed by atoms with Crippen molar-refractivity contribution in [2.24, 2.45) is 0 Å². The molecule has 10 heteroatoms. The zero-order valence-electron chi connectivity index (χ0n) is 19.0. The van der Waals surface area contributed by atoms with Gasteiger partial charge in [0.25, 0.3) is 0 Å². The van der Waals surface area contributed by atoms with Gasteiger partial charge in [-0.1, -0.05) is 34.1 Å². The Hall–Kier alpha value is 2.10. The van der Waals surface area contributed by atoms with Gasteiger partial charge in [-0.2, -0.15) is 12.8 Å². The van der Waals surface area contributed by atoms with Gasteiger partial charge in [-0.05, 0) is 40.3 Å². The van der Waals surface area contributed by atoms with Crippen molar-refractivity contribution in [2.75, 3.05) is 92.8 Å². The second kappa shape index (κ2) is 37.6. The first kappa shape index (κ1) is 47.3. The van der Waals surface area contributed by atoms with Crippen LogP contribution in [-0.4, -0.2) is 103 Å². The number of piperidine rings is 2. The normalized spacial score (nSPS) is 20.1. The summed E-state index contributed by atoms with van der Waals surface area (Å²) < 4.78 is 4.98. The summed E-state index contributed by atoms with van der Waals surface area (Å²) in [6.07, 6.45) is 9.01. The molecule has 0 atom stereocenters. The van der Waals surface area contributed by atoms with E-state index < -0.39 is 0 Å². The Morgan fingerprint density at radius 2 is 0.969 bits per heavy atom. The third-order valence-corrected chi connectivity index (χ3v) is 4.63. The fourth-order valence-corrected chi connectivity index (χ4v) is 2.79. The molecule has 0 aromatic heterocycles. The van der Waals surface area contributed by atoms with Gasteiger partial charge in [0.15, 0.2) is 0 Å². The van der Waals surface area contributed by atoms with Crippen molar-refractivity contribution in [3.05, 3.63) is 22.4 Å². The molecule has 0 bridgehead atoms. The standard InChI is InChI=1S/C6H12N.C5H11N2.C5H10N.C4H8NO.2CH4.4V/c1-7-5-3-2-4-6-7;1-7-4-2-6-3-5-7;1-2-4-6-5-3-1;1-3-6-4-2-5-1;;;;;;/h2H,3-6H2,1H3;2-5H2,1H3;1-5H2;1-4H2;2*1H4;;;;/q4*-1;;;;;;. The van der Waals surface area contributed by atoms with E-state index in [-0.39, 0.29) is 89.1 Å². The molecule has 0 unspecified atom stereocenters. The van der Waals surface area contributed by atoms with Gasteiger partial charge in [0.2, 0.25) is 0 Å². The molecule has 4 aliphatic heterocycles. The molecule has 0 amide bonds. The number of likely N-dealkylation sites (tertiary alicyclic amines) is 1. The first-order valence-corrected chi connectivity index (χ1v) is 10.5. The monoisotopic (exact) mass is 603 g/mol. The van der Waals surface area contributed by atoms with Crippen LogP contribution in [0.1, 0.15) is 47.0 Å².